The number of carbonyl (C=O) groups excluding carboxylic acids is 1. The van der Waals surface area contributed by atoms with Gasteiger partial charge in [-0.1, -0.05) is 30.9 Å². The Bertz CT molecular complexity index is 1320. The molecule has 0 saturated heterocycles. The summed E-state index contributed by atoms with van der Waals surface area (Å²) in [7, 11) is 1.37. The van der Waals surface area contributed by atoms with E-state index in [4.69, 9.17) is 16.3 Å². The molecule has 0 aliphatic heterocycles. The van der Waals surface area contributed by atoms with E-state index in [0.29, 0.717) is 33.7 Å². The monoisotopic (exact) mass is 464 g/mol. The highest BCUT2D eigenvalue weighted by molar-refractivity contribution is 6.30. The van der Waals surface area contributed by atoms with Crippen LogP contribution in [0.4, 0.5) is 0 Å². The maximum Gasteiger partial charge on any atom is 0.342 e. The third-order valence-electron chi connectivity index (χ3n) is 6.37. The molecule has 0 atom stereocenters. The number of rotatable bonds is 5. The summed E-state index contributed by atoms with van der Waals surface area (Å²) in [6.45, 7) is 2.77. The molecule has 4 aromatic heterocycles. The van der Waals surface area contributed by atoms with Gasteiger partial charge in [-0.25, -0.2) is 9.78 Å². The fourth-order valence-corrected chi connectivity index (χ4v) is 4.71. The summed E-state index contributed by atoms with van der Waals surface area (Å²) >= 11 is 6.03. The van der Waals surface area contributed by atoms with Crippen molar-refractivity contribution >= 4 is 23.2 Å². The van der Waals surface area contributed by atoms with E-state index in [9.17, 15) is 4.79 Å². The number of fused-ring (bicyclic) bond motifs is 1. The minimum atomic E-state index is -0.453. The maximum absolute atomic E-state index is 12.8. The summed E-state index contributed by atoms with van der Waals surface area (Å²) in [6.07, 6.45) is 13.8. The number of imidazole rings is 1. The first-order valence-electron chi connectivity index (χ1n) is 11.2. The van der Waals surface area contributed by atoms with E-state index in [2.05, 4.69) is 20.3 Å². The van der Waals surface area contributed by atoms with Gasteiger partial charge in [0.2, 0.25) is 0 Å². The van der Waals surface area contributed by atoms with Gasteiger partial charge in [0.05, 0.1) is 25.2 Å². The Kier molecular flexibility index (Phi) is 5.85. The van der Waals surface area contributed by atoms with E-state index < -0.39 is 5.97 Å². The zero-order chi connectivity index (χ0) is 22.9. The van der Waals surface area contributed by atoms with Gasteiger partial charge in [0.25, 0.3) is 0 Å². The SMILES string of the molecule is COC(=O)c1c(-c2cnn(CC3CCCCC3)c2)ccn2c(-c3cc(C)c(Cl)nn3)cnc12. The lowest BCUT2D eigenvalue weighted by molar-refractivity contribution is 0.0603. The van der Waals surface area contributed by atoms with Gasteiger partial charge in [-0.3, -0.25) is 9.08 Å². The zero-order valence-electron chi connectivity index (χ0n) is 18.7. The molecular weight excluding hydrogens is 440 g/mol. The van der Waals surface area contributed by atoms with Gasteiger partial charge < -0.3 is 4.74 Å². The van der Waals surface area contributed by atoms with E-state index in [0.717, 1.165) is 23.2 Å². The number of halogens is 1. The summed E-state index contributed by atoms with van der Waals surface area (Å²) in [5.41, 5.74) is 4.62. The number of aromatic nitrogens is 6. The quantitative estimate of drug-likeness (QED) is 0.387. The minimum Gasteiger partial charge on any atom is -0.465 e. The van der Waals surface area contributed by atoms with Gasteiger partial charge in [0, 0.05) is 30.1 Å². The molecule has 0 amide bonds. The van der Waals surface area contributed by atoms with Crippen LogP contribution in [-0.4, -0.2) is 42.4 Å². The Morgan fingerprint density at radius 1 is 1.21 bits per heavy atom. The molecule has 0 N–H and O–H groups in total. The summed E-state index contributed by atoms with van der Waals surface area (Å²) in [5.74, 6) is 0.207. The lowest BCUT2D eigenvalue weighted by Gasteiger charge is -2.21. The van der Waals surface area contributed by atoms with Crippen molar-refractivity contribution in [3.05, 3.63) is 53.2 Å². The van der Waals surface area contributed by atoms with E-state index in [1.54, 1.807) is 12.4 Å². The van der Waals surface area contributed by atoms with Crippen LogP contribution >= 0.6 is 11.6 Å². The van der Waals surface area contributed by atoms with Crippen molar-refractivity contribution in [2.24, 2.45) is 5.92 Å². The summed E-state index contributed by atoms with van der Waals surface area (Å²) in [4.78, 5) is 17.4. The molecule has 4 aromatic rings. The molecule has 0 aromatic carbocycles. The van der Waals surface area contributed by atoms with Crippen LogP contribution in [0.5, 0.6) is 0 Å². The van der Waals surface area contributed by atoms with E-state index in [1.165, 1.54) is 39.2 Å². The van der Waals surface area contributed by atoms with Crippen molar-refractivity contribution in [2.75, 3.05) is 7.11 Å². The number of esters is 1. The van der Waals surface area contributed by atoms with E-state index in [1.807, 2.05) is 40.5 Å². The molecule has 0 radical (unpaired) electrons. The average molecular weight is 465 g/mol. The van der Waals surface area contributed by atoms with Crippen molar-refractivity contribution in [2.45, 2.75) is 45.6 Å². The molecule has 5 rings (SSSR count). The average Bonchev–Trinajstić information content (AvgIpc) is 3.47. The number of hydrogen-bond donors (Lipinski definition) is 0. The highest BCUT2D eigenvalue weighted by Crippen LogP contribution is 2.31. The Hall–Kier alpha value is -3.26. The largest absolute Gasteiger partial charge is 0.465 e. The molecular formula is C24H25ClN6O2. The van der Waals surface area contributed by atoms with Gasteiger partial charge in [0.15, 0.2) is 10.8 Å². The molecule has 170 valence electrons. The minimum absolute atomic E-state index is 0.357. The molecule has 33 heavy (non-hydrogen) atoms. The number of methoxy groups -OCH3 is 1. The molecule has 1 saturated carbocycles. The number of nitrogens with zero attached hydrogens (tertiary/aromatic N) is 6. The number of ether oxygens (including phenoxy) is 1. The number of hydrogen-bond acceptors (Lipinski definition) is 6. The van der Waals surface area contributed by atoms with Gasteiger partial charge in [-0.2, -0.15) is 5.10 Å². The molecule has 0 spiro atoms. The van der Waals surface area contributed by atoms with E-state index in [-0.39, 0.29) is 0 Å². The molecule has 1 aliphatic carbocycles. The fraction of sp³-hybridized carbons (Fsp3) is 0.375. The normalized spacial score (nSPS) is 14.6. The van der Waals surface area contributed by atoms with Crippen molar-refractivity contribution in [1.29, 1.82) is 0 Å². The van der Waals surface area contributed by atoms with Crippen LogP contribution in [-0.2, 0) is 11.3 Å². The lowest BCUT2D eigenvalue weighted by Crippen LogP contribution is -2.14. The molecule has 1 aliphatic rings. The van der Waals surface area contributed by atoms with Crippen LogP contribution in [0.2, 0.25) is 5.15 Å². The summed E-state index contributed by atoms with van der Waals surface area (Å²) < 4.78 is 8.92. The second-order valence-electron chi connectivity index (χ2n) is 8.59. The van der Waals surface area contributed by atoms with Crippen molar-refractivity contribution < 1.29 is 9.53 Å². The molecule has 4 heterocycles. The third kappa shape index (κ3) is 4.11. The van der Waals surface area contributed by atoms with Crippen molar-refractivity contribution in [1.82, 2.24) is 29.4 Å². The third-order valence-corrected chi connectivity index (χ3v) is 6.74. The van der Waals surface area contributed by atoms with Crippen LogP contribution in [0.3, 0.4) is 0 Å². The Morgan fingerprint density at radius 3 is 2.79 bits per heavy atom. The van der Waals surface area contributed by atoms with Gasteiger partial charge in [-0.05, 0) is 43.4 Å². The van der Waals surface area contributed by atoms with Gasteiger partial charge in [-0.15, -0.1) is 10.2 Å². The maximum atomic E-state index is 12.8. The standard InChI is InChI=1S/C24H25ClN6O2/c1-15-10-19(28-29-22(15)25)20-12-26-23-21(24(32)33-2)18(8-9-31(20)23)17-11-27-30(14-17)13-16-6-4-3-5-7-16/h8-12,14,16H,3-7,13H2,1-2H3. The van der Waals surface area contributed by atoms with Crippen molar-refractivity contribution in [3.63, 3.8) is 0 Å². The topological polar surface area (TPSA) is 87.2 Å². The molecule has 1 fully saturated rings. The molecule has 9 heteroatoms. The molecule has 0 unspecified atom stereocenters. The summed E-state index contributed by atoms with van der Waals surface area (Å²) in [5, 5.41) is 13.1. The van der Waals surface area contributed by atoms with Crippen LogP contribution in [0.25, 0.3) is 28.2 Å². The zero-order valence-corrected chi connectivity index (χ0v) is 19.4. The molecule has 0 bridgehead atoms. The van der Waals surface area contributed by atoms with Crippen LogP contribution < -0.4 is 0 Å². The Morgan fingerprint density at radius 2 is 2.03 bits per heavy atom. The van der Waals surface area contributed by atoms with E-state index >= 15 is 0 Å². The Labute approximate surface area is 196 Å². The highest BCUT2D eigenvalue weighted by atomic mass is 35.5. The fourth-order valence-electron chi connectivity index (χ4n) is 4.62. The van der Waals surface area contributed by atoms with Gasteiger partial charge in [0.1, 0.15) is 11.3 Å². The first-order valence-corrected chi connectivity index (χ1v) is 11.5. The van der Waals surface area contributed by atoms with Gasteiger partial charge >= 0.3 is 5.97 Å². The number of carbonyl (C=O) groups is 1. The first kappa shape index (κ1) is 21.6. The number of pyridine rings is 1. The Balaban J connectivity index is 1.56. The lowest BCUT2D eigenvalue weighted by atomic mass is 9.89. The van der Waals surface area contributed by atoms with Crippen LogP contribution in [0, 0.1) is 12.8 Å². The summed E-state index contributed by atoms with van der Waals surface area (Å²) in [6, 6.07) is 3.74. The predicted molar refractivity (Wildman–Crippen MR) is 125 cm³/mol. The predicted octanol–water partition coefficient (Wildman–Crippen LogP) is 4.98. The highest BCUT2D eigenvalue weighted by Gasteiger charge is 2.23. The second-order valence-corrected chi connectivity index (χ2v) is 8.95. The first-order chi connectivity index (χ1) is 16.0. The smallest absolute Gasteiger partial charge is 0.342 e. The number of aryl methyl sites for hydroxylation is 1. The molecule has 8 nitrogen and oxygen atoms in total. The van der Waals surface area contributed by atoms with Crippen LogP contribution in [0.15, 0.2) is 36.9 Å². The van der Waals surface area contributed by atoms with Crippen molar-refractivity contribution in [3.8, 4) is 22.5 Å². The second kappa shape index (κ2) is 8.94. The van der Waals surface area contributed by atoms with Crippen LogP contribution in [0.1, 0.15) is 48.0 Å².